The van der Waals surface area contributed by atoms with Crippen molar-refractivity contribution >= 4 is 28.1 Å². The third kappa shape index (κ3) is 4.11. The van der Waals surface area contributed by atoms with Gasteiger partial charge in [0.25, 0.3) is 5.95 Å². The minimum absolute atomic E-state index is 0.577. The van der Waals surface area contributed by atoms with Crippen molar-refractivity contribution < 1.29 is 4.74 Å². The molecule has 0 amide bonds. The van der Waals surface area contributed by atoms with Gasteiger partial charge in [-0.05, 0) is 43.7 Å². The van der Waals surface area contributed by atoms with E-state index in [1.165, 1.54) is 24.8 Å². The van der Waals surface area contributed by atoms with Crippen LogP contribution in [-0.4, -0.2) is 64.1 Å². The Morgan fingerprint density at radius 1 is 0.879 bits per heavy atom. The summed E-state index contributed by atoms with van der Waals surface area (Å²) in [6.45, 7) is 5.13. The Kier molecular flexibility index (Phi) is 5.51. The van der Waals surface area contributed by atoms with E-state index in [1.54, 1.807) is 4.68 Å². The topological polar surface area (TPSA) is 72.2 Å². The molecular weight excluding hydrogens is 414 g/mol. The molecule has 3 aliphatic rings. The van der Waals surface area contributed by atoms with Crippen LogP contribution in [0.1, 0.15) is 37.7 Å². The van der Waals surface area contributed by atoms with E-state index in [9.17, 15) is 0 Å². The fourth-order valence-electron chi connectivity index (χ4n) is 4.81. The number of allylic oxidation sites excluding steroid dienone is 4. The SMILES string of the molecule is C1=CC(c2cnn(-c3nc(N4CCOCC4)c4ncc(N5CCCCC5)cc4n3)c2)=CCC1. The van der Waals surface area contributed by atoms with Gasteiger partial charge < -0.3 is 14.5 Å². The Morgan fingerprint density at radius 3 is 2.58 bits per heavy atom. The number of anilines is 2. The van der Waals surface area contributed by atoms with E-state index in [1.807, 2.05) is 18.6 Å². The third-order valence-corrected chi connectivity index (χ3v) is 6.64. The second kappa shape index (κ2) is 8.94. The normalized spacial score (nSPS) is 19.2. The lowest BCUT2D eigenvalue weighted by molar-refractivity contribution is 0.122. The largest absolute Gasteiger partial charge is 0.378 e. The van der Waals surface area contributed by atoms with Gasteiger partial charge in [-0.3, -0.25) is 0 Å². The predicted molar refractivity (Wildman–Crippen MR) is 130 cm³/mol. The average molecular weight is 444 g/mol. The van der Waals surface area contributed by atoms with E-state index in [0.29, 0.717) is 19.2 Å². The molecule has 0 saturated carbocycles. The van der Waals surface area contributed by atoms with E-state index in [2.05, 4.69) is 39.2 Å². The van der Waals surface area contributed by atoms with Gasteiger partial charge in [0.2, 0.25) is 0 Å². The van der Waals surface area contributed by atoms with Crippen LogP contribution >= 0.6 is 0 Å². The maximum Gasteiger partial charge on any atom is 0.253 e. The maximum absolute atomic E-state index is 5.57. The lowest BCUT2D eigenvalue weighted by Crippen LogP contribution is -2.37. The minimum atomic E-state index is 0.577. The molecule has 0 unspecified atom stereocenters. The molecule has 5 heterocycles. The van der Waals surface area contributed by atoms with Crippen molar-refractivity contribution in [1.82, 2.24) is 24.7 Å². The Balaban J connectivity index is 1.43. The van der Waals surface area contributed by atoms with Crippen LogP contribution in [0.25, 0.3) is 22.6 Å². The number of piperidine rings is 1. The van der Waals surface area contributed by atoms with Crippen LogP contribution in [0.5, 0.6) is 0 Å². The van der Waals surface area contributed by atoms with Gasteiger partial charge in [0, 0.05) is 37.9 Å². The summed E-state index contributed by atoms with van der Waals surface area (Å²) in [5.41, 5.74) is 5.13. The van der Waals surface area contributed by atoms with Crippen molar-refractivity contribution in [2.24, 2.45) is 0 Å². The summed E-state index contributed by atoms with van der Waals surface area (Å²) in [5.74, 6) is 1.44. The standard InChI is InChI=1S/C25H29N7O/c1-3-7-19(8-4-1)20-16-27-32(18-20)25-28-22-15-21(30-9-5-2-6-10-30)17-26-23(22)24(29-25)31-11-13-33-14-12-31/h3,7-8,15-18H,1-2,4-6,9-14H2. The van der Waals surface area contributed by atoms with E-state index in [4.69, 9.17) is 19.7 Å². The predicted octanol–water partition coefficient (Wildman–Crippen LogP) is 3.77. The highest BCUT2D eigenvalue weighted by Crippen LogP contribution is 2.29. The molecule has 3 aromatic rings. The van der Waals surface area contributed by atoms with Gasteiger partial charge in [-0.25, -0.2) is 14.6 Å². The Bertz CT molecular complexity index is 1200. The molecule has 3 aromatic heterocycles. The van der Waals surface area contributed by atoms with Crippen molar-refractivity contribution in [3.8, 4) is 5.95 Å². The van der Waals surface area contributed by atoms with E-state index < -0.39 is 0 Å². The number of nitrogens with zero attached hydrogens (tertiary/aromatic N) is 7. The molecule has 2 saturated heterocycles. The summed E-state index contributed by atoms with van der Waals surface area (Å²) in [6, 6.07) is 2.17. The van der Waals surface area contributed by atoms with Crippen LogP contribution in [-0.2, 0) is 4.74 Å². The average Bonchev–Trinajstić information content (AvgIpc) is 3.40. The van der Waals surface area contributed by atoms with Gasteiger partial charge in [0.15, 0.2) is 5.82 Å². The maximum atomic E-state index is 5.57. The number of hydrogen-bond acceptors (Lipinski definition) is 7. The third-order valence-electron chi connectivity index (χ3n) is 6.64. The molecule has 33 heavy (non-hydrogen) atoms. The molecule has 6 rings (SSSR count). The number of fused-ring (bicyclic) bond motifs is 1. The van der Waals surface area contributed by atoms with Gasteiger partial charge in [0.1, 0.15) is 5.52 Å². The van der Waals surface area contributed by atoms with Crippen molar-refractivity contribution in [3.05, 3.63) is 48.4 Å². The molecule has 2 aliphatic heterocycles. The lowest BCUT2D eigenvalue weighted by atomic mass is 10.0. The first-order chi connectivity index (χ1) is 16.3. The highest BCUT2D eigenvalue weighted by molar-refractivity contribution is 5.88. The van der Waals surface area contributed by atoms with Crippen LogP contribution in [0, 0.1) is 0 Å². The molecule has 0 bridgehead atoms. The van der Waals surface area contributed by atoms with E-state index in [-0.39, 0.29) is 0 Å². The first-order valence-corrected chi connectivity index (χ1v) is 12.0. The molecule has 0 spiro atoms. The molecule has 8 nitrogen and oxygen atoms in total. The number of morpholine rings is 1. The monoisotopic (exact) mass is 443 g/mol. The summed E-state index contributed by atoms with van der Waals surface area (Å²) in [7, 11) is 0. The Morgan fingerprint density at radius 2 is 1.76 bits per heavy atom. The fraction of sp³-hybridized carbons (Fsp3) is 0.440. The molecule has 0 aromatic carbocycles. The quantitative estimate of drug-likeness (QED) is 0.608. The zero-order valence-electron chi connectivity index (χ0n) is 18.9. The summed E-state index contributed by atoms with van der Waals surface area (Å²) < 4.78 is 7.36. The molecule has 0 N–H and O–H groups in total. The van der Waals surface area contributed by atoms with Crippen LogP contribution < -0.4 is 9.80 Å². The van der Waals surface area contributed by atoms with E-state index >= 15 is 0 Å². The zero-order valence-corrected chi connectivity index (χ0v) is 18.9. The molecule has 2 fully saturated rings. The summed E-state index contributed by atoms with van der Waals surface area (Å²) in [4.78, 5) is 19.4. The molecule has 1 aliphatic carbocycles. The van der Waals surface area contributed by atoms with Crippen molar-refractivity contribution in [2.75, 3.05) is 49.2 Å². The number of hydrogen-bond donors (Lipinski definition) is 0. The number of aromatic nitrogens is 5. The van der Waals surface area contributed by atoms with Gasteiger partial charge in [-0.2, -0.15) is 10.1 Å². The fourth-order valence-corrected chi connectivity index (χ4v) is 4.81. The van der Waals surface area contributed by atoms with Crippen molar-refractivity contribution in [2.45, 2.75) is 32.1 Å². The smallest absolute Gasteiger partial charge is 0.253 e. The number of rotatable bonds is 4. The molecule has 8 heteroatoms. The summed E-state index contributed by atoms with van der Waals surface area (Å²) >= 11 is 0. The Labute approximate surface area is 193 Å². The van der Waals surface area contributed by atoms with Crippen molar-refractivity contribution in [3.63, 3.8) is 0 Å². The van der Waals surface area contributed by atoms with Crippen LogP contribution in [0.3, 0.4) is 0 Å². The number of pyridine rings is 1. The molecule has 0 radical (unpaired) electrons. The molecule has 0 atom stereocenters. The summed E-state index contributed by atoms with van der Waals surface area (Å²) in [6.07, 6.45) is 18.5. The zero-order chi connectivity index (χ0) is 22.0. The summed E-state index contributed by atoms with van der Waals surface area (Å²) in [5, 5.41) is 4.61. The highest BCUT2D eigenvalue weighted by Gasteiger charge is 2.21. The first kappa shape index (κ1) is 20.4. The number of ether oxygens (including phenoxy) is 1. The van der Waals surface area contributed by atoms with Crippen LogP contribution in [0.4, 0.5) is 11.5 Å². The molecule has 170 valence electrons. The highest BCUT2D eigenvalue weighted by atomic mass is 16.5. The van der Waals surface area contributed by atoms with Gasteiger partial charge in [-0.15, -0.1) is 0 Å². The van der Waals surface area contributed by atoms with Gasteiger partial charge in [0.05, 0.1) is 36.8 Å². The van der Waals surface area contributed by atoms with Gasteiger partial charge >= 0.3 is 0 Å². The van der Waals surface area contributed by atoms with Crippen molar-refractivity contribution in [1.29, 1.82) is 0 Å². The first-order valence-electron chi connectivity index (χ1n) is 12.0. The minimum Gasteiger partial charge on any atom is -0.378 e. The second-order valence-electron chi connectivity index (χ2n) is 8.87. The van der Waals surface area contributed by atoms with Gasteiger partial charge in [-0.1, -0.05) is 18.2 Å². The van der Waals surface area contributed by atoms with Crippen LogP contribution in [0.15, 0.2) is 42.9 Å². The van der Waals surface area contributed by atoms with E-state index in [0.717, 1.165) is 67.1 Å². The lowest BCUT2D eigenvalue weighted by Gasteiger charge is -2.30. The Hall–Kier alpha value is -3.26. The van der Waals surface area contributed by atoms with Crippen LogP contribution in [0.2, 0.25) is 0 Å². The second-order valence-corrected chi connectivity index (χ2v) is 8.87. The molecular formula is C25H29N7O.